The van der Waals surface area contributed by atoms with Crippen molar-refractivity contribution in [3.05, 3.63) is 24.3 Å². The molecule has 1 aromatic rings. The highest BCUT2D eigenvalue weighted by atomic mass is 32.2. The van der Waals surface area contributed by atoms with E-state index < -0.39 is 15.9 Å². The number of sulfone groups is 1. The Bertz CT molecular complexity index is 761. The highest BCUT2D eigenvalue weighted by Gasteiger charge is 2.34. The average Bonchev–Trinajstić information content (AvgIpc) is 3.02. The van der Waals surface area contributed by atoms with Gasteiger partial charge in [0.1, 0.15) is 18.4 Å². The summed E-state index contributed by atoms with van der Waals surface area (Å²) in [5.74, 6) is 0.0334. The molecule has 0 aliphatic carbocycles. The number of hydrogen-bond donors (Lipinski definition) is 1. The number of carbonyl (C=O) groups is 2. The summed E-state index contributed by atoms with van der Waals surface area (Å²) in [5, 5.41) is 2.82. The van der Waals surface area contributed by atoms with Gasteiger partial charge in [0, 0.05) is 30.5 Å². The Morgan fingerprint density at radius 3 is 2.73 bits per heavy atom. The molecule has 0 bridgehead atoms. The molecule has 1 aliphatic rings. The summed E-state index contributed by atoms with van der Waals surface area (Å²) in [6.07, 6.45) is 2.61. The van der Waals surface area contributed by atoms with Crippen LogP contribution in [0.5, 0.6) is 5.75 Å². The van der Waals surface area contributed by atoms with Crippen LogP contribution in [-0.2, 0) is 19.4 Å². The second kappa shape index (κ2) is 8.53. The second-order valence-corrected chi connectivity index (χ2v) is 9.10. The molecule has 144 valence electrons. The standard InChI is InChI=1S/C18H26N2O5S/c1-13(2)18(22)20-9-5-8-16(20)17(21)19-14-6-4-7-15(12-14)25-10-11-26(3,23)24/h4,6-7,12-13,16H,5,8-11H2,1-3H3,(H,19,21). The van der Waals surface area contributed by atoms with Gasteiger partial charge in [0.15, 0.2) is 9.84 Å². The molecule has 1 N–H and O–H groups in total. The summed E-state index contributed by atoms with van der Waals surface area (Å²) in [6, 6.07) is 6.33. The topological polar surface area (TPSA) is 92.8 Å². The maximum atomic E-state index is 12.6. The Labute approximate surface area is 154 Å². The molecule has 0 spiro atoms. The van der Waals surface area contributed by atoms with Crippen molar-refractivity contribution < 1.29 is 22.7 Å². The van der Waals surface area contributed by atoms with E-state index in [-0.39, 0.29) is 30.1 Å². The molecule has 1 atom stereocenters. The minimum absolute atomic E-state index is 0.0134. The van der Waals surface area contributed by atoms with E-state index in [4.69, 9.17) is 4.74 Å². The fourth-order valence-electron chi connectivity index (χ4n) is 2.83. The van der Waals surface area contributed by atoms with Gasteiger partial charge in [-0.15, -0.1) is 0 Å². The Morgan fingerprint density at radius 2 is 2.08 bits per heavy atom. The fourth-order valence-corrected chi connectivity index (χ4v) is 3.22. The van der Waals surface area contributed by atoms with Crippen LogP contribution in [0.2, 0.25) is 0 Å². The van der Waals surface area contributed by atoms with E-state index in [0.29, 0.717) is 24.4 Å². The fraction of sp³-hybridized carbons (Fsp3) is 0.556. The number of rotatable bonds is 7. The Hall–Kier alpha value is -2.09. The molecule has 8 heteroatoms. The first-order chi connectivity index (χ1) is 12.2. The number of carbonyl (C=O) groups excluding carboxylic acids is 2. The summed E-state index contributed by atoms with van der Waals surface area (Å²) < 4.78 is 27.7. The first-order valence-electron chi connectivity index (χ1n) is 8.69. The third-order valence-electron chi connectivity index (χ3n) is 4.16. The first-order valence-corrected chi connectivity index (χ1v) is 10.8. The van der Waals surface area contributed by atoms with Crippen LogP contribution in [0.4, 0.5) is 5.69 Å². The summed E-state index contributed by atoms with van der Waals surface area (Å²) >= 11 is 0. The highest BCUT2D eigenvalue weighted by molar-refractivity contribution is 7.90. The molecule has 26 heavy (non-hydrogen) atoms. The van der Waals surface area contributed by atoms with Crippen molar-refractivity contribution >= 4 is 27.3 Å². The number of nitrogens with zero attached hydrogens (tertiary/aromatic N) is 1. The molecule has 0 saturated carbocycles. The van der Waals surface area contributed by atoms with Gasteiger partial charge in [-0.25, -0.2) is 8.42 Å². The molecule has 1 saturated heterocycles. The van der Waals surface area contributed by atoms with Gasteiger partial charge in [-0.3, -0.25) is 9.59 Å². The highest BCUT2D eigenvalue weighted by Crippen LogP contribution is 2.23. The van der Waals surface area contributed by atoms with Crippen LogP contribution in [0.15, 0.2) is 24.3 Å². The third-order valence-corrected chi connectivity index (χ3v) is 5.07. The molecule has 1 aliphatic heterocycles. The molecule has 1 aromatic carbocycles. The van der Waals surface area contributed by atoms with Crippen LogP contribution in [0.25, 0.3) is 0 Å². The molecule has 2 rings (SSSR count). The SMILES string of the molecule is CC(C)C(=O)N1CCCC1C(=O)Nc1cccc(OCCS(C)(=O)=O)c1. The lowest BCUT2D eigenvalue weighted by Gasteiger charge is -2.25. The normalized spacial score (nSPS) is 17.4. The minimum Gasteiger partial charge on any atom is -0.492 e. The van der Waals surface area contributed by atoms with E-state index >= 15 is 0 Å². The lowest BCUT2D eigenvalue weighted by molar-refractivity contribution is -0.139. The summed E-state index contributed by atoms with van der Waals surface area (Å²) in [5.41, 5.74) is 0.552. The molecule has 2 amide bonds. The van der Waals surface area contributed by atoms with Gasteiger partial charge in [0.25, 0.3) is 0 Å². The van der Waals surface area contributed by atoms with Crippen molar-refractivity contribution in [2.24, 2.45) is 5.92 Å². The smallest absolute Gasteiger partial charge is 0.247 e. The molecule has 1 unspecified atom stereocenters. The van der Waals surface area contributed by atoms with Crippen LogP contribution in [-0.4, -0.2) is 56.3 Å². The van der Waals surface area contributed by atoms with Crippen molar-refractivity contribution in [3.63, 3.8) is 0 Å². The Kier molecular flexibility index (Phi) is 6.63. The molecule has 0 radical (unpaired) electrons. The largest absolute Gasteiger partial charge is 0.492 e. The summed E-state index contributed by atoms with van der Waals surface area (Å²) in [7, 11) is -3.09. The zero-order valence-electron chi connectivity index (χ0n) is 15.4. The van der Waals surface area contributed by atoms with Crippen LogP contribution in [0.1, 0.15) is 26.7 Å². The number of likely N-dealkylation sites (tertiary alicyclic amines) is 1. The van der Waals surface area contributed by atoms with Gasteiger partial charge in [-0.05, 0) is 25.0 Å². The average molecular weight is 382 g/mol. The van der Waals surface area contributed by atoms with E-state index in [1.807, 2.05) is 13.8 Å². The van der Waals surface area contributed by atoms with Crippen molar-refractivity contribution in [3.8, 4) is 5.75 Å². The van der Waals surface area contributed by atoms with Gasteiger partial charge in [0.2, 0.25) is 11.8 Å². The first kappa shape index (κ1) is 20.2. The maximum absolute atomic E-state index is 12.6. The number of amides is 2. The molecular formula is C18H26N2O5S. The van der Waals surface area contributed by atoms with Crippen molar-refractivity contribution in [2.45, 2.75) is 32.7 Å². The monoisotopic (exact) mass is 382 g/mol. The van der Waals surface area contributed by atoms with Crippen molar-refractivity contribution in [1.29, 1.82) is 0 Å². The van der Waals surface area contributed by atoms with E-state index in [2.05, 4.69) is 5.32 Å². The zero-order valence-corrected chi connectivity index (χ0v) is 16.2. The Balaban J connectivity index is 1.98. The van der Waals surface area contributed by atoms with E-state index in [1.165, 1.54) is 0 Å². The number of nitrogens with one attached hydrogen (secondary N) is 1. The van der Waals surface area contributed by atoms with E-state index in [9.17, 15) is 18.0 Å². The van der Waals surface area contributed by atoms with E-state index in [1.54, 1.807) is 29.2 Å². The molecule has 0 aromatic heterocycles. The lowest BCUT2D eigenvalue weighted by Crippen LogP contribution is -2.44. The number of ether oxygens (including phenoxy) is 1. The van der Waals surface area contributed by atoms with E-state index in [0.717, 1.165) is 12.7 Å². The quantitative estimate of drug-likeness (QED) is 0.775. The van der Waals surface area contributed by atoms with Gasteiger partial charge in [0.05, 0.1) is 5.75 Å². The van der Waals surface area contributed by atoms with Gasteiger partial charge in [-0.1, -0.05) is 19.9 Å². The minimum atomic E-state index is -3.09. The Morgan fingerprint density at radius 1 is 1.35 bits per heavy atom. The predicted octanol–water partition coefficient (Wildman–Crippen LogP) is 1.70. The summed E-state index contributed by atoms with van der Waals surface area (Å²) in [6.45, 7) is 4.30. The molecule has 7 nitrogen and oxygen atoms in total. The second-order valence-electron chi connectivity index (χ2n) is 6.84. The number of anilines is 1. The maximum Gasteiger partial charge on any atom is 0.247 e. The third kappa shape index (κ3) is 5.72. The number of hydrogen-bond acceptors (Lipinski definition) is 5. The van der Waals surface area contributed by atoms with Crippen LogP contribution in [0.3, 0.4) is 0 Å². The molecule has 1 fully saturated rings. The lowest BCUT2D eigenvalue weighted by atomic mass is 10.1. The number of benzene rings is 1. The van der Waals surface area contributed by atoms with Crippen LogP contribution >= 0.6 is 0 Å². The van der Waals surface area contributed by atoms with Crippen LogP contribution in [0, 0.1) is 5.92 Å². The molecular weight excluding hydrogens is 356 g/mol. The van der Waals surface area contributed by atoms with Crippen molar-refractivity contribution in [1.82, 2.24) is 4.90 Å². The summed E-state index contributed by atoms with van der Waals surface area (Å²) in [4.78, 5) is 26.5. The van der Waals surface area contributed by atoms with Crippen molar-refractivity contribution in [2.75, 3.05) is 30.5 Å². The molecule has 1 heterocycles. The van der Waals surface area contributed by atoms with Gasteiger partial charge < -0.3 is 15.0 Å². The van der Waals surface area contributed by atoms with Crippen LogP contribution < -0.4 is 10.1 Å². The van der Waals surface area contributed by atoms with Gasteiger partial charge >= 0.3 is 0 Å². The van der Waals surface area contributed by atoms with Gasteiger partial charge in [-0.2, -0.15) is 0 Å². The zero-order chi connectivity index (χ0) is 19.3. The predicted molar refractivity (Wildman–Crippen MR) is 99.9 cm³/mol.